The summed E-state index contributed by atoms with van der Waals surface area (Å²) in [7, 11) is 3.46. The molecule has 1 fully saturated rings. The lowest BCUT2D eigenvalue weighted by molar-refractivity contribution is 0.00746. The zero-order chi connectivity index (χ0) is 14.4. The van der Waals surface area contributed by atoms with Crippen LogP contribution < -0.4 is 16.0 Å². The lowest BCUT2D eigenvalue weighted by Crippen LogP contribution is -2.42. The number of hydrogen-bond donors (Lipinski definition) is 2. The van der Waals surface area contributed by atoms with Crippen molar-refractivity contribution < 1.29 is 9.47 Å². The first-order valence-corrected chi connectivity index (χ1v) is 7.43. The van der Waals surface area contributed by atoms with Gasteiger partial charge in [0.15, 0.2) is 0 Å². The van der Waals surface area contributed by atoms with Crippen LogP contribution in [0.2, 0.25) is 0 Å². The van der Waals surface area contributed by atoms with E-state index in [1.807, 2.05) is 18.2 Å². The molecule has 0 aromatic heterocycles. The molecule has 0 amide bonds. The van der Waals surface area contributed by atoms with E-state index in [9.17, 15) is 0 Å². The van der Waals surface area contributed by atoms with E-state index in [1.165, 1.54) is 32.1 Å². The molecule has 2 unspecified atom stereocenters. The Labute approximate surface area is 121 Å². The van der Waals surface area contributed by atoms with Crippen LogP contribution in [0.5, 0.6) is 5.75 Å². The topological polar surface area (TPSA) is 56.5 Å². The molecule has 0 spiro atoms. The van der Waals surface area contributed by atoms with Crippen molar-refractivity contribution in [1.29, 1.82) is 0 Å². The Morgan fingerprint density at radius 1 is 1.20 bits per heavy atom. The van der Waals surface area contributed by atoms with E-state index in [0.717, 1.165) is 11.3 Å². The smallest absolute Gasteiger partial charge is 0.119 e. The number of hydrazine groups is 1. The summed E-state index contributed by atoms with van der Waals surface area (Å²) in [5, 5.41) is 0. The van der Waals surface area contributed by atoms with Crippen molar-refractivity contribution in [2.24, 2.45) is 11.8 Å². The van der Waals surface area contributed by atoms with Gasteiger partial charge >= 0.3 is 0 Å². The summed E-state index contributed by atoms with van der Waals surface area (Å²) in [5.74, 6) is 7.23. The SMILES string of the molecule is COc1cccc(C(NN)C(OC)C2CCCCC2)c1. The van der Waals surface area contributed by atoms with E-state index in [1.54, 1.807) is 14.2 Å². The Hall–Kier alpha value is -1.10. The van der Waals surface area contributed by atoms with Crippen molar-refractivity contribution in [2.75, 3.05) is 14.2 Å². The van der Waals surface area contributed by atoms with Crippen molar-refractivity contribution in [2.45, 2.75) is 44.2 Å². The van der Waals surface area contributed by atoms with Crippen molar-refractivity contribution in [3.8, 4) is 5.75 Å². The average Bonchev–Trinajstić information content (AvgIpc) is 2.53. The van der Waals surface area contributed by atoms with E-state index in [2.05, 4.69) is 11.5 Å². The summed E-state index contributed by atoms with van der Waals surface area (Å²) in [6, 6.07) is 8.03. The van der Waals surface area contributed by atoms with E-state index in [0.29, 0.717) is 5.92 Å². The summed E-state index contributed by atoms with van der Waals surface area (Å²) in [5.41, 5.74) is 4.05. The van der Waals surface area contributed by atoms with E-state index >= 15 is 0 Å². The molecule has 3 N–H and O–H groups in total. The molecule has 1 aromatic carbocycles. The van der Waals surface area contributed by atoms with Gasteiger partial charge in [-0.05, 0) is 36.5 Å². The van der Waals surface area contributed by atoms with Crippen LogP contribution >= 0.6 is 0 Å². The quantitative estimate of drug-likeness (QED) is 0.620. The first-order chi connectivity index (χ1) is 9.80. The molecule has 4 heteroatoms. The van der Waals surface area contributed by atoms with E-state index in [4.69, 9.17) is 15.3 Å². The van der Waals surface area contributed by atoms with Crippen LogP contribution in [-0.2, 0) is 4.74 Å². The van der Waals surface area contributed by atoms with Crippen molar-refractivity contribution in [3.05, 3.63) is 29.8 Å². The van der Waals surface area contributed by atoms with Crippen LogP contribution in [0, 0.1) is 5.92 Å². The molecular weight excluding hydrogens is 252 g/mol. The van der Waals surface area contributed by atoms with E-state index in [-0.39, 0.29) is 12.1 Å². The third-order valence-corrected chi connectivity index (χ3v) is 4.35. The molecule has 0 heterocycles. The van der Waals surface area contributed by atoms with Crippen molar-refractivity contribution >= 4 is 0 Å². The lowest BCUT2D eigenvalue weighted by Gasteiger charge is -2.34. The highest BCUT2D eigenvalue weighted by molar-refractivity contribution is 5.31. The van der Waals surface area contributed by atoms with Crippen LogP contribution in [0.25, 0.3) is 0 Å². The number of benzene rings is 1. The Balaban J connectivity index is 2.18. The molecule has 1 saturated carbocycles. The number of methoxy groups -OCH3 is 2. The van der Waals surface area contributed by atoms with Crippen molar-refractivity contribution in [3.63, 3.8) is 0 Å². The number of nitrogens with two attached hydrogens (primary N) is 1. The van der Waals surface area contributed by atoms with Gasteiger partial charge < -0.3 is 9.47 Å². The summed E-state index contributed by atoms with van der Waals surface area (Å²) in [6.45, 7) is 0. The Morgan fingerprint density at radius 2 is 1.95 bits per heavy atom. The number of rotatable bonds is 6. The van der Waals surface area contributed by atoms with E-state index < -0.39 is 0 Å². The maximum Gasteiger partial charge on any atom is 0.119 e. The first kappa shape index (κ1) is 15.3. The molecule has 2 rings (SSSR count). The largest absolute Gasteiger partial charge is 0.497 e. The molecule has 0 aliphatic heterocycles. The van der Waals surface area contributed by atoms with Crippen LogP contribution in [0.1, 0.15) is 43.7 Å². The van der Waals surface area contributed by atoms with Gasteiger partial charge in [-0.15, -0.1) is 0 Å². The molecule has 2 atom stereocenters. The zero-order valence-corrected chi connectivity index (χ0v) is 12.5. The van der Waals surface area contributed by atoms with Gasteiger partial charge in [0.1, 0.15) is 5.75 Å². The Kier molecular flexibility index (Phi) is 5.83. The van der Waals surface area contributed by atoms with Crippen LogP contribution in [0.15, 0.2) is 24.3 Å². The zero-order valence-electron chi connectivity index (χ0n) is 12.5. The average molecular weight is 278 g/mol. The first-order valence-electron chi connectivity index (χ1n) is 7.43. The molecule has 0 bridgehead atoms. The minimum atomic E-state index is -0.00167. The number of ether oxygens (including phenoxy) is 2. The minimum Gasteiger partial charge on any atom is -0.497 e. The van der Waals surface area contributed by atoms with Crippen LogP contribution in [-0.4, -0.2) is 20.3 Å². The van der Waals surface area contributed by atoms with Gasteiger partial charge in [0.05, 0.1) is 19.3 Å². The molecule has 0 radical (unpaired) electrons. The summed E-state index contributed by atoms with van der Waals surface area (Å²) in [6.07, 6.45) is 6.47. The molecule has 112 valence electrons. The predicted octanol–water partition coefficient (Wildman–Crippen LogP) is 2.79. The van der Waals surface area contributed by atoms with Crippen LogP contribution in [0.3, 0.4) is 0 Å². The molecule has 4 nitrogen and oxygen atoms in total. The Bertz CT molecular complexity index is 405. The van der Waals surface area contributed by atoms with Gasteiger partial charge in [-0.3, -0.25) is 11.3 Å². The molecule has 1 aliphatic rings. The maximum atomic E-state index is 5.81. The van der Waals surface area contributed by atoms with Gasteiger partial charge in [-0.2, -0.15) is 0 Å². The highest BCUT2D eigenvalue weighted by Crippen LogP contribution is 2.34. The molecule has 0 saturated heterocycles. The molecular formula is C16H26N2O2. The second kappa shape index (κ2) is 7.62. The third kappa shape index (κ3) is 3.51. The van der Waals surface area contributed by atoms with Gasteiger partial charge in [-0.1, -0.05) is 31.4 Å². The van der Waals surface area contributed by atoms with Crippen LogP contribution in [0.4, 0.5) is 0 Å². The van der Waals surface area contributed by atoms with Crippen molar-refractivity contribution in [1.82, 2.24) is 5.43 Å². The summed E-state index contributed by atoms with van der Waals surface area (Å²) in [4.78, 5) is 0. The predicted molar refractivity (Wildman–Crippen MR) is 80.4 cm³/mol. The summed E-state index contributed by atoms with van der Waals surface area (Å²) < 4.78 is 11.1. The fraction of sp³-hybridized carbons (Fsp3) is 0.625. The fourth-order valence-electron chi connectivity index (χ4n) is 3.28. The minimum absolute atomic E-state index is 0.00167. The van der Waals surface area contributed by atoms with Gasteiger partial charge in [0.25, 0.3) is 0 Å². The number of hydrogen-bond acceptors (Lipinski definition) is 4. The van der Waals surface area contributed by atoms with Gasteiger partial charge in [-0.25, -0.2) is 0 Å². The maximum absolute atomic E-state index is 5.81. The van der Waals surface area contributed by atoms with Gasteiger partial charge in [0, 0.05) is 7.11 Å². The Morgan fingerprint density at radius 3 is 2.55 bits per heavy atom. The second-order valence-electron chi connectivity index (χ2n) is 5.52. The molecule has 1 aromatic rings. The monoisotopic (exact) mass is 278 g/mol. The standard InChI is InChI=1S/C16H26N2O2/c1-19-14-10-6-9-13(11-14)15(18-17)16(20-2)12-7-4-3-5-8-12/h6,9-12,15-16,18H,3-5,7-8,17H2,1-2H3. The highest BCUT2D eigenvalue weighted by Gasteiger charge is 2.31. The van der Waals surface area contributed by atoms with Gasteiger partial charge in [0.2, 0.25) is 0 Å². The summed E-state index contributed by atoms with van der Waals surface area (Å²) >= 11 is 0. The third-order valence-electron chi connectivity index (χ3n) is 4.35. The number of nitrogens with one attached hydrogen (secondary N) is 1. The highest BCUT2D eigenvalue weighted by atomic mass is 16.5. The second-order valence-corrected chi connectivity index (χ2v) is 5.52. The molecule has 20 heavy (non-hydrogen) atoms. The fourth-order valence-corrected chi connectivity index (χ4v) is 3.28. The molecule has 1 aliphatic carbocycles. The normalized spacial score (nSPS) is 19.6. The lowest BCUT2D eigenvalue weighted by atomic mass is 9.81.